The number of pyridine rings is 1. The molecule has 1 aromatic heterocycles. The summed E-state index contributed by atoms with van der Waals surface area (Å²) >= 11 is 12.5. The van der Waals surface area contributed by atoms with E-state index in [4.69, 9.17) is 27.9 Å². The molecule has 1 aliphatic rings. The van der Waals surface area contributed by atoms with Gasteiger partial charge in [0.25, 0.3) is 5.91 Å². The molecule has 0 fully saturated rings. The molecule has 0 bridgehead atoms. The molecule has 1 amide bonds. The zero-order valence-corrected chi connectivity index (χ0v) is 19.7. The van der Waals surface area contributed by atoms with Crippen molar-refractivity contribution in [2.45, 2.75) is 25.3 Å². The minimum absolute atomic E-state index is 0.0105. The summed E-state index contributed by atoms with van der Waals surface area (Å²) in [6.07, 6.45) is -9.75. The molecule has 0 radical (unpaired) electrons. The fourth-order valence-electron chi connectivity index (χ4n) is 3.86. The number of alkyl halides is 6. The van der Waals surface area contributed by atoms with E-state index < -0.39 is 35.9 Å². The van der Waals surface area contributed by atoms with Crippen molar-refractivity contribution in [1.82, 2.24) is 9.88 Å². The van der Waals surface area contributed by atoms with Gasteiger partial charge in [0.1, 0.15) is 10.7 Å². The minimum atomic E-state index is -5.01. The van der Waals surface area contributed by atoms with Crippen LogP contribution in [0.5, 0.6) is 5.88 Å². The van der Waals surface area contributed by atoms with Crippen LogP contribution < -0.4 is 4.74 Å². The van der Waals surface area contributed by atoms with Gasteiger partial charge in [-0.25, -0.2) is 4.98 Å². The Bertz CT molecular complexity index is 1280. The maximum absolute atomic E-state index is 13.6. The minimum Gasteiger partial charge on any atom is -0.477 e. The van der Waals surface area contributed by atoms with Crippen LogP contribution in [-0.4, -0.2) is 28.9 Å². The molecule has 2 heterocycles. The molecule has 12 heteroatoms. The van der Waals surface area contributed by atoms with E-state index in [-0.39, 0.29) is 58.4 Å². The van der Waals surface area contributed by atoms with Gasteiger partial charge in [-0.05, 0) is 42.3 Å². The Kier molecular flexibility index (Phi) is 7.12. The molecule has 4 rings (SSSR count). The molecule has 0 N–H and O–H groups in total. The number of rotatable bonds is 3. The van der Waals surface area contributed by atoms with Crippen molar-refractivity contribution in [2.75, 3.05) is 13.2 Å². The smallest absolute Gasteiger partial charge is 0.416 e. The Hall–Kier alpha value is -2.98. The number of nitrogens with zero attached hydrogens (tertiary/aromatic N) is 2. The lowest BCUT2D eigenvalue weighted by Crippen LogP contribution is -2.35. The summed E-state index contributed by atoms with van der Waals surface area (Å²) in [5.41, 5.74) is -2.59. The summed E-state index contributed by atoms with van der Waals surface area (Å²) in [4.78, 5) is 18.9. The SMILES string of the molecule is O=C1c2c(-c3ccccc3Cl)cc(Cl)nc2OCCCN1Cc1cc(C(F)(F)F)cc(C(F)(F)F)c1. The standard InChI is InChI=1S/C24H16Cl2F6N2O2/c25-18-5-2-1-4-16(18)17-11-19(26)33-21-20(17)22(35)34(6-3-7-36-21)12-13-8-14(23(27,28)29)10-15(9-13)24(30,31)32/h1-2,4-5,8-11H,3,6-7,12H2. The van der Waals surface area contributed by atoms with Crippen LogP contribution in [0.4, 0.5) is 26.3 Å². The number of fused-ring (bicyclic) bond motifs is 1. The second-order valence-corrected chi connectivity index (χ2v) is 8.79. The summed E-state index contributed by atoms with van der Waals surface area (Å²) in [5, 5.41) is 0.298. The molecule has 2 aromatic carbocycles. The van der Waals surface area contributed by atoms with Crippen LogP contribution in [0.2, 0.25) is 10.2 Å². The van der Waals surface area contributed by atoms with Crippen LogP contribution in [0.25, 0.3) is 11.1 Å². The van der Waals surface area contributed by atoms with E-state index in [0.29, 0.717) is 17.7 Å². The molecule has 3 aromatic rings. The van der Waals surface area contributed by atoms with Crippen LogP contribution >= 0.6 is 23.2 Å². The maximum Gasteiger partial charge on any atom is 0.416 e. The number of halogens is 8. The third-order valence-corrected chi connectivity index (χ3v) is 5.98. The van der Waals surface area contributed by atoms with E-state index in [2.05, 4.69) is 4.98 Å². The van der Waals surface area contributed by atoms with Crippen molar-refractivity contribution in [3.05, 3.63) is 81.0 Å². The molecule has 0 atom stereocenters. The Morgan fingerprint density at radius 2 is 1.56 bits per heavy atom. The van der Waals surface area contributed by atoms with Crippen LogP contribution in [0.15, 0.2) is 48.5 Å². The summed E-state index contributed by atoms with van der Waals surface area (Å²) in [6.45, 7) is -0.404. The summed E-state index contributed by atoms with van der Waals surface area (Å²) in [5.74, 6) is -0.804. The van der Waals surface area contributed by atoms with Crippen molar-refractivity contribution >= 4 is 29.1 Å². The Balaban J connectivity index is 1.81. The van der Waals surface area contributed by atoms with Gasteiger partial charge < -0.3 is 9.64 Å². The van der Waals surface area contributed by atoms with E-state index in [1.165, 1.54) is 6.07 Å². The third kappa shape index (κ3) is 5.54. The van der Waals surface area contributed by atoms with E-state index in [0.717, 1.165) is 4.90 Å². The van der Waals surface area contributed by atoms with Crippen LogP contribution in [0, 0.1) is 0 Å². The summed E-state index contributed by atoms with van der Waals surface area (Å²) in [7, 11) is 0. The normalized spacial score (nSPS) is 14.7. The average molecular weight is 549 g/mol. The Labute approximate surface area is 211 Å². The first-order valence-corrected chi connectivity index (χ1v) is 11.3. The Morgan fingerprint density at radius 1 is 0.917 bits per heavy atom. The molecular formula is C24H16Cl2F6N2O2. The second kappa shape index (κ2) is 9.82. The molecule has 1 aliphatic heterocycles. The van der Waals surface area contributed by atoms with Gasteiger partial charge in [0.2, 0.25) is 5.88 Å². The lowest BCUT2D eigenvalue weighted by Gasteiger charge is -2.28. The van der Waals surface area contributed by atoms with E-state index in [1.54, 1.807) is 24.3 Å². The van der Waals surface area contributed by atoms with Crippen molar-refractivity contribution in [3.8, 4) is 17.0 Å². The zero-order valence-electron chi connectivity index (χ0n) is 18.2. The zero-order chi connectivity index (χ0) is 26.3. The quantitative estimate of drug-likeness (QED) is 0.251. The number of ether oxygens (including phenoxy) is 1. The highest BCUT2D eigenvalue weighted by molar-refractivity contribution is 6.34. The third-order valence-electron chi connectivity index (χ3n) is 5.45. The second-order valence-electron chi connectivity index (χ2n) is 8.00. The van der Waals surface area contributed by atoms with E-state index in [1.807, 2.05) is 0 Å². The number of benzene rings is 2. The van der Waals surface area contributed by atoms with Gasteiger partial charge in [0.05, 0.1) is 17.7 Å². The highest BCUT2D eigenvalue weighted by atomic mass is 35.5. The largest absolute Gasteiger partial charge is 0.477 e. The van der Waals surface area contributed by atoms with Gasteiger partial charge >= 0.3 is 12.4 Å². The highest BCUT2D eigenvalue weighted by Gasteiger charge is 2.37. The molecule has 4 nitrogen and oxygen atoms in total. The van der Waals surface area contributed by atoms with Gasteiger partial charge in [-0.1, -0.05) is 41.4 Å². The van der Waals surface area contributed by atoms with E-state index >= 15 is 0 Å². The summed E-state index contributed by atoms with van der Waals surface area (Å²) < 4.78 is 85.6. The highest BCUT2D eigenvalue weighted by Crippen LogP contribution is 2.39. The van der Waals surface area contributed by atoms with Crippen molar-refractivity contribution in [3.63, 3.8) is 0 Å². The Morgan fingerprint density at radius 3 is 2.17 bits per heavy atom. The molecule has 0 unspecified atom stereocenters. The lowest BCUT2D eigenvalue weighted by atomic mass is 9.99. The number of carbonyl (C=O) groups excluding carboxylic acids is 1. The fourth-order valence-corrected chi connectivity index (χ4v) is 4.28. The molecule has 0 saturated heterocycles. The predicted molar refractivity (Wildman–Crippen MR) is 121 cm³/mol. The molecule has 0 aliphatic carbocycles. The first-order chi connectivity index (χ1) is 16.8. The maximum atomic E-state index is 13.6. The monoisotopic (exact) mass is 548 g/mol. The van der Waals surface area contributed by atoms with Gasteiger partial charge in [0.15, 0.2) is 0 Å². The number of hydrogen-bond acceptors (Lipinski definition) is 3. The van der Waals surface area contributed by atoms with Crippen LogP contribution in [-0.2, 0) is 18.9 Å². The van der Waals surface area contributed by atoms with Gasteiger partial charge in [0, 0.05) is 29.2 Å². The number of hydrogen-bond donors (Lipinski definition) is 0. The molecule has 0 saturated carbocycles. The predicted octanol–water partition coefficient (Wildman–Crippen LogP) is 7.52. The number of amides is 1. The molecular weight excluding hydrogens is 533 g/mol. The van der Waals surface area contributed by atoms with Crippen molar-refractivity contribution in [2.24, 2.45) is 0 Å². The first kappa shape index (κ1) is 26.1. The lowest BCUT2D eigenvalue weighted by molar-refractivity contribution is -0.143. The topological polar surface area (TPSA) is 42.4 Å². The van der Waals surface area contributed by atoms with Crippen molar-refractivity contribution < 1.29 is 35.9 Å². The average Bonchev–Trinajstić information content (AvgIpc) is 2.78. The van der Waals surface area contributed by atoms with Gasteiger partial charge in [-0.15, -0.1) is 0 Å². The summed E-state index contributed by atoms with van der Waals surface area (Å²) in [6, 6.07) is 9.22. The van der Waals surface area contributed by atoms with E-state index in [9.17, 15) is 31.1 Å². The van der Waals surface area contributed by atoms with Crippen LogP contribution in [0.3, 0.4) is 0 Å². The number of aromatic nitrogens is 1. The van der Waals surface area contributed by atoms with Crippen molar-refractivity contribution in [1.29, 1.82) is 0 Å². The molecule has 190 valence electrons. The fraction of sp³-hybridized carbons (Fsp3) is 0.250. The van der Waals surface area contributed by atoms with Gasteiger partial charge in [-0.2, -0.15) is 26.3 Å². The number of carbonyl (C=O) groups is 1. The molecule has 36 heavy (non-hydrogen) atoms. The first-order valence-electron chi connectivity index (χ1n) is 10.5. The van der Waals surface area contributed by atoms with Gasteiger partial charge in [-0.3, -0.25) is 4.79 Å². The molecule has 0 spiro atoms. The van der Waals surface area contributed by atoms with Crippen LogP contribution in [0.1, 0.15) is 33.5 Å².